The summed E-state index contributed by atoms with van der Waals surface area (Å²) in [5.74, 6) is 0. The Bertz CT molecular complexity index is 271. The number of aliphatic hydroxyl groups excluding tert-OH is 1. The summed E-state index contributed by atoms with van der Waals surface area (Å²) in [5.41, 5.74) is 9.13. The van der Waals surface area contributed by atoms with Crippen molar-refractivity contribution in [2.75, 3.05) is 12.3 Å². The molecule has 1 aromatic carbocycles. The van der Waals surface area contributed by atoms with E-state index < -0.39 is 0 Å². The molecule has 13 heavy (non-hydrogen) atoms. The third kappa shape index (κ3) is 2.74. The molecule has 0 saturated heterocycles. The van der Waals surface area contributed by atoms with Crippen molar-refractivity contribution < 1.29 is 5.11 Å². The number of aliphatic hydroxyl groups is 1. The van der Waals surface area contributed by atoms with Crippen molar-refractivity contribution in [3.8, 4) is 0 Å². The van der Waals surface area contributed by atoms with E-state index in [1.165, 1.54) is 11.1 Å². The van der Waals surface area contributed by atoms with Gasteiger partial charge in [0.25, 0.3) is 0 Å². The van der Waals surface area contributed by atoms with Crippen molar-refractivity contribution in [3.05, 3.63) is 29.3 Å². The van der Waals surface area contributed by atoms with Crippen LogP contribution in [0.5, 0.6) is 0 Å². The van der Waals surface area contributed by atoms with Gasteiger partial charge in [-0.1, -0.05) is 19.1 Å². The van der Waals surface area contributed by atoms with Crippen molar-refractivity contribution in [2.45, 2.75) is 26.2 Å². The van der Waals surface area contributed by atoms with Gasteiger partial charge in [0, 0.05) is 12.3 Å². The molecule has 0 aliphatic heterocycles. The van der Waals surface area contributed by atoms with Gasteiger partial charge in [0.05, 0.1) is 0 Å². The average Bonchev–Trinajstić information content (AvgIpc) is 2.15. The van der Waals surface area contributed by atoms with E-state index in [1.54, 1.807) is 0 Å². The summed E-state index contributed by atoms with van der Waals surface area (Å²) in [6.45, 7) is 2.34. The lowest BCUT2D eigenvalue weighted by Gasteiger charge is -2.05. The fraction of sp³-hybridized carbons (Fsp3) is 0.455. The molecule has 0 saturated carbocycles. The molecule has 0 fully saturated rings. The Labute approximate surface area is 79.4 Å². The fourth-order valence-electron chi connectivity index (χ4n) is 1.41. The molecule has 0 spiro atoms. The second kappa shape index (κ2) is 4.87. The maximum atomic E-state index is 8.67. The predicted octanol–water partition coefficient (Wildman–Crippen LogP) is 1.76. The molecule has 0 aromatic heterocycles. The summed E-state index contributed by atoms with van der Waals surface area (Å²) in [4.78, 5) is 0. The van der Waals surface area contributed by atoms with Crippen LogP contribution in [0.4, 0.5) is 5.69 Å². The summed E-state index contributed by atoms with van der Waals surface area (Å²) >= 11 is 0. The van der Waals surface area contributed by atoms with Gasteiger partial charge in [0.1, 0.15) is 0 Å². The van der Waals surface area contributed by atoms with E-state index in [0.29, 0.717) is 0 Å². The lowest BCUT2D eigenvalue weighted by molar-refractivity contribution is 0.288. The van der Waals surface area contributed by atoms with E-state index >= 15 is 0 Å². The zero-order chi connectivity index (χ0) is 9.68. The fourth-order valence-corrected chi connectivity index (χ4v) is 1.41. The van der Waals surface area contributed by atoms with E-state index in [0.717, 1.165) is 24.9 Å². The number of rotatable bonds is 4. The lowest BCUT2D eigenvalue weighted by atomic mass is 10.0. The summed E-state index contributed by atoms with van der Waals surface area (Å²) in [5, 5.41) is 8.67. The van der Waals surface area contributed by atoms with Gasteiger partial charge < -0.3 is 10.8 Å². The zero-order valence-corrected chi connectivity index (χ0v) is 8.09. The maximum Gasteiger partial charge on any atom is 0.0434 e. The molecule has 2 heteroatoms. The summed E-state index contributed by atoms with van der Waals surface area (Å²) in [7, 11) is 0. The van der Waals surface area contributed by atoms with Crippen LogP contribution in [-0.4, -0.2) is 11.7 Å². The topological polar surface area (TPSA) is 46.2 Å². The van der Waals surface area contributed by atoms with Crippen LogP contribution in [0.15, 0.2) is 18.2 Å². The number of anilines is 1. The molecule has 0 atom stereocenters. The first-order chi connectivity index (χ1) is 6.27. The summed E-state index contributed by atoms with van der Waals surface area (Å²) in [6.07, 6.45) is 2.70. The monoisotopic (exact) mass is 179 g/mol. The van der Waals surface area contributed by atoms with E-state index in [-0.39, 0.29) is 6.61 Å². The van der Waals surface area contributed by atoms with Crippen LogP contribution in [-0.2, 0) is 12.8 Å². The highest BCUT2D eigenvalue weighted by Gasteiger charge is 1.98. The molecular weight excluding hydrogens is 162 g/mol. The SMILES string of the molecule is CCc1ccc(CCCO)cc1N. The predicted molar refractivity (Wildman–Crippen MR) is 55.6 cm³/mol. The molecule has 0 bridgehead atoms. The largest absolute Gasteiger partial charge is 0.398 e. The van der Waals surface area contributed by atoms with E-state index in [9.17, 15) is 0 Å². The van der Waals surface area contributed by atoms with Gasteiger partial charge in [-0.15, -0.1) is 0 Å². The minimum atomic E-state index is 0.245. The second-order valence-electron chi connectivity index (χ2n) is 3.21. The van der Waals surface area contributed by atoms with E-state index in [2.05, 4.69) is 19.1 Å². The van der Waals surface area contributed by atoms with Gasteiger partial charge in [0.15, 0.2) is 0 Å². The van der Waals surface area contributed by atoms with Crippen LogP contribution >= 0.6 is 0 Å². The molecule has 72 valence electrons. The van der Waals surface area contributed by atoms with Crippen LogP contribution < -0.4 is 5.73 Å². The first-order valence-corrected chi connectivity index (χ1v) is 4.76. The van der Waals surface area contributed by atoms with Crippen molar-refractivity contribution in [1.29, 1.82) is 0 Å². The molecule has 1 rings (SSSR count). The maximum absolute atomic E-state index is 8.67. The van der Waals surface area contributed by atoms with E-state index in [4.69, 9.17) is 10.8 Å². The number of hydrogen-bond donors (Lipinski definition) is 2. The quantitative estimate of drug-likeness (QED) is 0.692. The molecule has 0 heterocycles. The lowest BCUT2D eigenvalue weighted by Crippen LogP contribution is -1.96. The molecule has 1 aromatic rings. The average molecular weight is 179 g/mol. The minimum absolute atomic E-state index is 0.245. The van der Waals surface area contributed by atoms with Crippen LogP contribution in [0.2, 0.25) is 0 Å². The van der Waals surface area contributed by atoms with Crippen LogP contribution in [0, 0.1) is 0 Å². The molecule has 0 unspecified atom stereocenters. The summed E-state index contributed by atoms with van der Waals surface area (Å²) in [6, 6.07) is 6.17. The molecule has 2 nitrogen and oxygen atoms in total. The van der Waals surface area contributed by atoms with Gasteiger partial charge in [-0.2, -0.15) is 0 Å². The Morgan fingerprint density at radius 1 is 1.38 bits per heavy atom. The second-order valence-corrected chi connectivity index (χ2v) is 3.21. The standard InChI is InChI=1S/C11H17NO/c1-2-10-6-5-9(4-3-7-13)8-11(10)12/h5-6,8,13H,2-4,7,12H2,1H3. The molecular formula is C11H17NO. The third-order valence-corrected chi connectivity index (χ3v) is 2.21. The smallest absolute Gasteiger partial charge is 0.0434 e. The molecule has 0 radical (unpaired) electrons. The Balaban J connectivity index is 2.71. The Morgan fingerprint density at radius 3 is 2.69 bits per heavy atom. The van der Waals surface area contributed by atoms with Gasteiger partial charge >= 0.3 is 0 Å². The molecule has 3 N–H and O–H groups in total. The van der Waals surface area contributed by atoms with Gasteiger partial charge in [-0.25, -0.2) is 0 Å². The third-order valence-electron chi connectivity index (χ3n) is 2.21. The first kappa shape index (κ1) is 10.1. The highest BCUT2D eigenvalue weighted by Crippen LogP contribution is 2.15. The Morgan fingerprint density at radius 2 is 2.15 bits per heavy atom. The number of nitrogen functional groups attached to an aromatic ring is 1. The van der Waals surface area contributed by atoms with Crippen LogP contribution in [0.25, 0.3) is 0 Å². The normalized spacial score (nSPS) is 10.3. The van der Waals surface area contributed by atoms with Crippen molar-refractivity contribution in [2.24, 2.45) is 0 Å². The van der Waals surface area contributed by atoms with Crippen molar-refractivity contribution in [3.63, 3.8) is 0 Å². The number of nitrogens with two attached hydrogens (primary N) is 1. The van der Waals surface area contributed by atoms with E-state index in [1.807, 2.05) is 6.07 Å². The summed E-state index contributed by atoms with van der Waals surface area (Å²) < 4.78 is 0. The first-order valence-electron chi connectivity index (χ1n) is 4.76. The molecule has 0 aliphatic carbocycles. The van der Waals surface area contributed by atoms with Crippen molar-refractivity contribution >= 4 is 5.69 Å². The van der Waals surface area contributed by atoms with Gasteiger partial charge in [-0.05, 0) is 36.5 Å². The number of benzene rings is 1. The van der Waals surface area contributed by atoms with Crippen LogP contribution in [0.3, 0.4) is 0 Å². The highest BCUT2D eigenvalue weighted by atomic mass is 16.2. The zero-order valence-electron chi connectivity index (χ0n) is 8.09. The minimum Gasteiger partial charge on any atom is -0.398 e. The number of hydrogen-bond acceptors (Lipinski definition) is 2. The van der Waals surface area contributed by atoms with Crippen molar-refractivity contribution in [1.82, 2.24) is 0 Å². The Kier molecular flexibility index (Phi) is 3.77. The number of aryl methyl sites for hydroxylation is 2. The van der Waals surface area contributed by atoms with Crippen LogP contribution in [0.1, 0.15) is 24.5 Å². The molecule has 0 aliphatic rings. The molecule has 0 amide bonds. The van der Waals surface area contributed by atoms with Gasteiger partial charge in [-0.3, -0.25) is 0 Å². The highest BCUT2D eigenvalue weighted by molar-refractivity contribution is 5.49. The Hall–Kier alpha value is -1.02. The van der Waals surface area contributed by atoms with Gasteiger partial charge in [0.2, 0.25) is 0 Å².